The Morgan fingerprint density at radius 2 is 2.31 bits per heavy atom. The van der Waals surface area contributed by atoms with Crippen molar-refractivity contribution in [3.8, 4) is 0 Å². The molecule has 0 saturated heterocycles. The minimum absolute atomic E-state index is 0.142. The third-order valence-electron chi connectivity index (χ3n) is 2.08. The number of nitrogens with one attached hydrogen (secondary N) is 1. The van der Waals surface area contributed by atoms with Gasteiger partial charge in [-0.3, -0.25) is 14.9 Å². The summed E-state index contributed by atoms with van der Waals surface area (Å²) in [6.45, 7) is 0.384. The van der Waals surface area contributed by atoms with Crippen molar-refractivity contribution in [2.24, 2.45) is 0 Å². The first-order valence-corrected chi connectivity index (χ1v) is 4.78. The Morgan fingerprint density at radius 1 is 1.44 bits per heavy atom. The van der Waals surface area contributed by atoms with Gasteiger partial charge in [0.15, 0.2) is 0 Å². The molecule has 6 nitrogen and oxygen atoms in total. The topological polar surface area (TPSA) is 74.8 Å². The maximum atomic E-state index is 11.9. The fourth-order valence-corrected chi connectivity index (χ4v) is 1.29. The number of hydrogen-bond acceptors (Lipinski definition) is 4. The fraction of sp³-hybridized carbons (Fsp3) is 0.200. The second-order valence-electron chi connectivity index (χ2n) is 3.31. The van der Waals surface area contributed by atoms with Gasteiger partial charge in [0.1, 0.15) is 17.8 Å². The minimum atomic E-state index is -0.142. The van der Waals surface area contributed by atoms with E-state index in [4.69, 9.17) is 0 Å². The van der Waals surface area contributed by atoms with E-state index in [-0.39, 0.29) is 5.91 Å². The van der Waals surface area contributed by atoms with Gasteiger partial charge in [-0.15, -0.1) is 0 Å². The molecule has 0 fully saturated rings. The van der Waals surface area contributed by atoms with Gasteiger partial charge in [-0.1, -0.05) is 6.07 Å². The quantitative estimate of drug-likeness (QED) is 0.811. The van der Waals surface area contributed by atoms with Crippen LogP contribution in [-0.4, -0.2) is 38.0 Å². The van der Waals surface area contributed by atoms with Crippen LogP contribution >= 0.6 is 0 Å². The van der Waals surface area contributed by atoms with E-state index >= 15 is 0 Å². The second-order valence-corrected chi connectivity index (χ2v) is 3.31. The molecule has 2 aromatic rings. The first kappa shape index (κ1) is 10.3. The largest absolute Gasteiger partial charge is 0.333 e. The number of hydrogen-bond donors (Lipinski definition) is 1. The summed E-state index contributed by atoms with van der Waals surface area (Å²) in [4.78, 5) is 21.3. The number of nitrogens with zero attached hydrogens (tertiary/aromatic N) is 4. The highest BCUT2D eigenvalue weighted by Crippen LogP contribution is 2.02. The summed E-state index contributed by atoms with van der Waals surface area (Å²) in [5.74, 6) is 0.504. The number of carbonyl (C=O) groups excluding carboxylic acids is 1. The zero-order valence-electron chi connectivity index (χ0n) is 8.79. The average molecular weight is 217 g/mol. The van der Waals surface area contributed by atoms with Crippen LogP contribution in [0.15, 0.2) is 30.7 Å². The monoisotopic (exact) mass is 217 g/mol. The smallest absolute Gasteiger partial charge is 0.272 e. The maximum Gasteiger partial charge on any atom is 0.272 e. The number of aromatic nitrogens is 4. The van der Waals surface area contributed by atoms with E-state index in [1.54, 1.807) is 31.4 Å². The highest BCUT2D eigenvalue weighted by atomic mass is 16.2. The summed E-state index contributed by atoms with van der Waals surface area (Å²) < 4.78 is 0. The Kier molecular flexibility index (Phi) is 2.90. The van der Waals surface area contributed by atoms with Crippen LogP contribution in [0.4, 0.5) is 0 Å². The summed E-state index contributed by atoms with van der Waals surface area (Å²) in [5, 5.41) is 6.42. The van der Waals surface area contributed by atoms with Crippen molar-refractivity contribution in [3.05, 3.63) is 42.2 Å². The van der Waals surface area contributed by atoms with Gasteiger partial charge in [-0.05, 0) is 12.1 Å². The van der Waals surface area contributed by atoms with Gasteiger partial charge in [0.25, 0.3) is 5.91 Å². The van der Waals surface area contributed by atoms with Crippen molar-refractivity contribution >= 4 is 5.91 Å². The molecule has 0 spiro atoms. The van der Waals surface area contributed by atoms with Crippen LogP contribution < -0.4 is 0 Å². The molecule has 2 rings (SSSR count). The highest BCUT2D eigenvalue weighted by Gasteiger charge is 2.13. The lowest BCUT2D eigenvalue weighted by molar-refractivity contribution is 0.0776. The van der Waals surface area contributed by atoms with Gasteiger partial charge >= 0.3 is 0 Å². The molecule has 0 unspecified atom stereocenters. The van der Waals surface area contributed by atoms with Gasteiger partial charge in [0.05, 0.1) is 6.54 Å². The number of carbonyl (C=O) groups is 1. The van der Waals surface area contributed by atoms with Crippen molar-refractivity contribution in [1.82, 2.24) is 25.1 Å². The molecule has 0 aliphatic carbocycles. The maximum absolute atomic E-state index is 11.9. The summed E-state index contributed by atoms with van der Waals surface area (Å²) >= 11 is 0. The molecule has 0 bridgehead atoms. The van der Waals surface area contributed by atoms with E-state index in [1.807, 2.05) is 0 Å². The van der Waals surface area contributed by atoms with E-state index in [0.29, 0.717) is 18.1 Å². The standard InChI is InChI=1S/C10H11N5O/c1-15(6-9-12-7-13-14-9)10(16)8-4-2-3-5-11-8/h2-5,7H,6H2,1H3,(H,12,13,14). The van der Waals surface area contributed by atoms with Gasteiger partial charge in [-0.2, -0.15) is 5.10 Å². The predicted octanol–water partition coefficient (Wildman–Crippen LogP) is 0.472. The van der Waals surface area contributed by atoms with Crippen LogP contribution in [0, 0.1) is 0 Å². The molecule has 0 aliphatic heterocycles. The minimum Gasteiger partial charge on any atom is -0.333 e. The molecule has 0 saturated carbocycles. The molecule has 0 radical (unpaired) electrons. The van der Waals surface area contributed by atoms with Crippen LogP contribution in [0.25, 0.3) is 0 Å². The first-order chi connectivity index (χ1) is 7.77. The SMILES string of the molecule is CN(Cc1ncn[nH]1)C(=O)c1ccccn1. The van der Waals surface area contributed by atoms with E-state index < -0.39 is 0 Å². The zero-order valence-corrected chi connectivity index (χ0v) is 8.79. The molecule has 1 N–H and O–H groups in total. The molecular formula is C10H11N5O. The summed E-state index contributed by atoms with van der Waals surface area (Å²) in [5.41, 5.74) is 0.421. The van der Waals surface area contributed by atoms with E-state index in [9.17, 15) is 4.79 Å². The number of rotatable bonds is 3. The van der Waals surface area contributed by atoms with Crippen LogP contribution in [0.2, 0.25) is 0 Å². The van der Waals surface area contributed by atoms with Gasteiger partial charge in [-0.25, -0.2) is 4.98 Å². The Morgan fingerprint density at radius 3 is 2.94 bits per heavy atom. The normalized spacial score (nSPS) is 10.1. The van der Waals surface area contributed by atoms with E-state index in [0.717, 1.165) is 0 Å². The third-order valence-corrected chi connectivity index (χ3v) is 2.08. The van der Waals surface area contributed by atoms with Crippen LogP contribution in [-0.2, 0) is 6.54 Å². The molecule has 0 atom stereocenters. The lowest BCUT2D eigenvalue weighted by Crippen LogP contribution is -2.27. The van der Waals surface area contributed by atoms with Crippen molar-refractivity contribution in [2.45, 2.75) is 6.54 Å². The Bertz CT molecular complexity index is 453. The molecule has 0 aliphatic rings. The lowest BCUT2D eigenvalue weighted by Gasteiger charge is -2.14. The molecule has 6 heteroatoms. The van der Waals surface area contributed by atoms with Crippen LogP contribution in [0.1, 0.15) is 16.3 Å². The van der Waals surface area contributed by atoms with Crippen molar-refractivity contribution in [1.29, 1.82) is 0 Å². The average Bonchev–Trinajstić information content (AvgIpc) is 2.82. The number of pyridine rings is 1. The summed E-state index contributed by atoms with van der Waals surface area (Å²) in [6.07, 6.45) is 3.00. The van der Waals surface area contributed by atoms with Gasteiger partial charge < -0.3 is 4.90 Å². The number of H-pyrrole nitrogens is 1. The predicted molar refractivity (Wildman–Crippen MR) is 56.4 cm³/mol. The Balaban J connectivity index is 2.05. The Labute approximate surface area is 92.3 Å². The van der Waals surface area contributed by atoms with E-state index in [1.165, 1.54) is 11.2 Å². The molecule has 2 heterocycles. The van der Waals surface area contributed by atoms with Crippen molar-refractivity contribution < 1.29 is 4.79 Å². The van der Waals surface area contributed by atoms with Gasteiger partial charge in [0.2, 0.25) is 0 Å². The lowest BCUT2D eigenvalue weighted by atomic mass is 10.3. The molecule has 0 aromatic carbocycles. The molecule has 1 amide bonds. The third kappa shape index (κ3) is 2.22. The second kappa shape index (κ2) is 4.52. The van der Waals surface area contributed by atoms with Crippen LogP contribution in [0.3, 0.4) is 0 Å². The first-order valence-electron chi connectivity index (χ1n) is 4.78. The fourth-order valence-electron chi connectivity index (χ4n) is 1.29. The number of amides is 1. The van der Waals surface area contributed by atoms with Gasteiger partial charge in [0, 0.05) is 13.2 Å². The Hall–Kier alpha value is -2.24. The molecular weight excluding hydrogens is 206 g/mol. The molecule has 2 aromatic heterocycles. The summed E-state index contributed by atoms with van der Waals surface area (Å²) in [6, 6.07) is 5.23. The van der Waals surface area contributed by atoms with Crippen molar-refractivity contribution in [3.63, 3.8) is 0 Å². The summed E-state index contributed by atoms with van der Waals surface area (Å²) in [7, 11) is 1.69. The van der Waals surface area contributed by atoms with Crippen LogP contribution in [0.5, 0.6) is 0 Å². The molecule has 16 heavy (non-hydrogen) atoms. The molecule has 82 valence electrons. The zero-order chi connectivity index (χ0) is 11.4. The number of aromatic amines is 1. The van der Waals surface area contributed by atoms with Crippen molar-refractivity contribution in [2.75, 3.05) is 7.05 Å². The highest BCUT2D eigenvalue weighted by molar-refractivity contribution is 5.91. The van der Waals surface area contributed by atoms with E-state index in [2.05, 4.69) is 20.2 Å².